The molecule has 0 radical (unpaired) electrons. The first-order valence-corrected chi connectivity index (χ1v) is 9.54. The summed E-state index contributed by atoms with van der Waals surface area (Å²) in [7, 11) is 0. The number of furan rings is 1. The number of thiophene rings is 1. The fourth-order valence-corrected chi connectivity index (χ4v) is 3.62. The van der Waals surface area contributed by atoms with Crippen LogP contribution in [0.5, 0.6) is 0 Å². The lowest BCUT2D eigenvalue weighted by molar-refractivity contribution is 0.0466. The highest BCUT2D eigenvalue weighted by molar-refractivity contribution is 7.13. The van der Waals surface area contributed by atoms with Crippen LogP contribution in [0.15, 0.2) is 61.5 Å². The van der Waals surface area contributed by atoms with E-state index in [-0.39, 0.29) is 6.61 Å². The topological polar surface area (TPSA) is 104 Å². The second kappa shape index (κ2) is 7.02. The summed E-state index contributed by atoms with van der Waals surface area (Å²) < 4.78 is 21.2. The number of pyridine rings is 1. The highest BCUT2D eigenvalue weighted by Gasteiger charge is 2.21. The molecule has 8 nitrogen and oxygen atoms in total. The van der Waals surface area contributed by atoms with Crippen molar-refractivity contribution in [1.82, 2.24) is 15.3 Å². The summed E-state index contributed by atoms with van der Waals surface area (Å²) in [5, 5.41) is 10.3. The predicted molar refractivity (Wildman–Crippen MR) is 103 cm³/mol. The summed E-state index contributed by atoms with van der Waals surface area (Å²) in [5.74, 6) is 0.484. The quantitative estimate of drug-likeness (QED) is 0.380. The molecule has 5 rings (SSSR count). The number of hydrogen-bond acceptors (Lipinski definition) is 9. The monoisotopic (exact) mass is 407 g/mol. The smallest absolute Gasteiger partial charge is 0.339 e. The summed E-state index contributed by atoms with van der Waals surface area (Å²) in [6.45, 7) is 1.70. The molecule has 0 spiro atoms. The second-order valence-electron chi connectivity index (χ2n) is 6.22. The molecule has 9 heteroatoms. The third-order valence-electron chi connectivity index (χ3n) is 4.28. The Morgan fingerprint density at radius 1 is 1.14 bits per heavy atom. The van der Waals surface area contributed by atoms with Gasteiger partial charge in [-0.2, -0.15) is 0 Å². The summed E-state index contributed by atoms with van der Waals surface area (Å²) in [6.07, 6.45) is 1.54. The third-order valence-corrected chi connectivity index (χ3v) is 5.18. The molecular weight excluding hydrogens is 394 g/mol. The van der Waals surface area contributed by atoms with Crippen LogP contribution < -0.4 is 0 Å². The molecule has 0 fully saturated rings. The number of aromatic nitrogens is 3. The normalized spacial score (nSPS) is 11.2. The van der Waals surface area contributed by atoms with Crippen molar-refractivity contribution >= 4 is 28.4 Å². The van der Waals surface area contributed by atoms with Crippen LogP contribution in [0.25, 0.3) is 33.2 Å². The van der Waals surface area contributed by atoms with Crippen molar-refractivity contribution in [3.05, 3.63) is 65.0 Å². The van der Waals surface area contributed by atoms with Gasteiger partial charge in [0.2, 0.25) is 5.76 Å². The lowest BCUT2D eigenvalue weighted by Crippen LogP contribution is -2.07. The molecule has 0 atom stereocenters. The first-order valence-electron chi connectivity index (χ1n) is 8.66. The number of carbonyl (C=O) groups excluding carboxylic acids is 1. The summed E-state index contributed by atoms with van der Waals surface area (Å²) >= 11 is 1.52. The van der Waals surface area contributed by atoms with Gasteiger partial charge in [-0.3, -0.25) is 0 Å². The van der Waals surface area contributed by atoms with Gasteiger partial charge in [0, 0.05) is 6.07 Å². The first kappa shape index (κ1) is 17.4. The van der Waals surface area contributed by atoms with E-state index in [0.29, 0.717) is 45.3 Å². The van der Waals surface area contributed by atoms with Gasteiger partial charge in [0.25, 0.3) is 5.71 Å². The van der Waals surface area contributed by atoms with Crippen LogP contribution in [0, 0.1) is 6.92 Å². The van der Waals surface area contributed by atoms with E-state index in [4.69, 9.17) is 18.2 Å². The van der Waals surface area contributed by atoms with E-state index in [1.807, 2.05) is 17.5 Å². The maximum Gasteiger partial charge on any atom is 0.339 e. The van der Waals surface area contributed by atoms with E-state index >= 15 is 0 Å². The highest BCUT2D eigenvalue weighted by Crippen LogP contribution is 2.30. The Balaban J connectivity index is 1.42. The van der Waals surface area contributed by atoms with Crippen LogP contribution in [0.2, 0.25) is 0 Å². The fourth-order valence-electron chi connectivity index (χ4n) is 2.94. The van der Waals surface area contributed by atoms with E-state index < -0.39 is 5.97 Å². The van der Waals surface area contributed by atoms with Gasteiger partial charge in [0.15, 0.2) is 5.76 Å². The number of rotatable bonds is 5. The molecular formula is C20H13N3O5S. The van der Waals surface area contributed by atoms with Crippen LogP contribution >= 0.6 is 11.3 Å². The molecule has 0 aromatic carbocycles. The molecule has 0 aliphatic heterocycles. The minimum Gasteiger partial charge on any atom is -0.461 e. The van der Waals surface area contributed by atoms with Gasteiger partial charge >= 0.3 is 5.97 Å². The number of carbonyl (C=O) groups is 1. The molecule has 144 valence electrons. The van der Waals surface area contributed by atoms with Gasteiger partial charge in [0.1, 0.15) is 12.3 Å². The predicted octanol–water partition coefficient (Wildman–Crippen LogP) is 4.86. The number of ether oxygens (including phenoxy) is 1. The Hall–Kier alpha value is -3.72. The maximum atomic E-state index is 12.8. The van der Waals surface area contributed by atoms with Crippen molar-refractivity contribution in [3.63, 3.8) is 0 Å². The third kappa shape index (κ3) is 3.21. The summed E-state index contributed by atoms with van der Waals surface area (Å²) in [5.41, 5.74) is 2.29. The van der Waals surface area contributed by atoms with Crippen LogP contribution in [0.4, 0.5) is 0 Å². The zero-order chi connectivity index (χ0) is 19.8. The van der Waals surface area contributed by atoms with E-state index in [0.717, 1.165) is 4.88 Å². The Bertz CT molecular complexity index is 1290. The minimum atomic E-state index is -0.524. The average molecular weight is 407 g/mol. The molecule has 0 unspecified atom stereocenters. The first-order chi connectivity index (χ1) is 14.2. The van der Waals surface area contributed by atoms with Gasteiger partial charge in [-0.05, 0) is 36.6 Å². The Kier molecular flexibility index (Phi) is 4.21. The lowest BCUT2D eigenvalue weighted by Gasteiger charge is -2.06. The van der Waals surface area contributed by atoms with Gasteiger partial charge in [0.05, 0.1) is 33.5 Å². The minimum absolute atomic E-state index is 0.0501. The van der Waals surface area contributed by atoms with Crippen molar-refractivity contribution < 1.29 is 23.0 Å². The molecule has 5 heterocycles. The van der Waals surface area contributed by atoms with Gasteiger partial charge in [-0.1, -0.05) is 16.4 Å². The number of esters is 1. The molecule has 0 N–H and O–H groups in total. The summed E-state index contributed by atoms with van der Waals surface area (Å²) in [4.78, 5) is 18.2. The van der Waals surface area contributed by atoms with Crippen molar-refractivity contribution in [3.8, 4) is 22.1 Å². The molecule has 0 aliphatic carbocycles. The molecule has 29 heavy (non-hydrogen) atoms. The molecule has 5 aromatic heterocycles. The zero-order valence-electron chi connectivity index (χ0n) is 15.1. The average Bonchev–Trinajstić information content (AvgIpc) is 3.53. The molecule has 0 amide bonds. The number of hydrogen-bond donors (Lipinski definition) is 0. The lowest BCUT2D eigenvalue weighted by atomic mass is 10.1. The van der Waals surface area contributed by atoms with Crippen LogP contribution in [0.3, 0.4) is 0 Å². The maximum absolute atomic E-state index is 12.8. The van der Waals surface area contributed by atoms with Gasteiger partial charge in [-0.25, -0.2) is 9.78 Å². The largest absolute Gasteiger partial charge is 0.461 e. The number of nitrogens with zero attached hydrogens (tertiary/aromatic N) is 3. The van der Waals surface area contributed by atoms with Gasteiger partial charge < -0.3 is 18.2 Å². The van der Waals surface area contributed by atoms with E-state index in [2.05, 4.69) is 15.3 Å². The molecule has 0 saturated heterocycles. The van der Waals surface area contributed by atoms with Crippen molar-refractivity contribution in [1.29, 1.82) is 0 Å². The number of aryl methyl sites for hydroxylation is 1. The van der Waals surface area contributed by atoms with Crippen molar-refractivity contribution in [2.24, 2.45) is 0 Å². The standard InChI is InChI=1S/C20H13N3O5S/c1-11-18-13(9-14(17-5-3-7-29-17)21-19(18)28-22-11)20(24)26-10-12-8-16(27-23-12)15-4-2-6-25-15/h2-9H,10H2,1H3. The van der Waals surface area contributed by atoms with Crippen LogP contribution in [-0.2, 0) is 11.3 Å². The Labute approximate surface area is 167 Å². The van der Waals surface area contributed by atoms with Gasteiger partial charge in [-0.15, -0.1) is 11.3 Å². The van der Waals surface area contributed by atoms with E-state index in [1.165, 1.54) is 11.3 Å². The van der Waals surface area contributed by atoms with Crippen molar-refractivity contribution in [2.45, 2.75) is 13.5 Å². The molecule has 0 aliphatic rings. The van der Waals surface area contributed by atoms with E-state index in [9.17, 15) is 4.79 Å². The second-order valence-corrected chi connectivity index (χ2v) is 7.16. The highest BCUT2D eigenvalue weighted by atomic mass is 32.1. The molecule has 5 aromatic rings. The fraction of sp³-hybridized carbons (Fsp3) is 0.100. The Morgan fingerprint density at radius 2 is 2.07 bits per heavy atom. The molecule has 0 bridgehead atoms. The Morgan fingerprint density at radius 3 is 2.86 bits per heavy atom. The van der Waals surface area contributed by atoms with Crippen molar-refractivity contribution in [2.75, 3.05) is 0 Å². The SMILES string of the molecule is Cc1noc2nc(-c3cccs3)cc(C(=O)OCc3cc(-c4ccco4)on3)c12. The van der Waals surface area contributed by atoms with Crippen LogP contribution in [-0.4, -0.2) is 21.3 Å². The van der Waals surface area contributed by atoms with Crippen LogP contribution in [0.1, 0.15) is 21.7 Å². The van der Waals surface area contributed by atoms with E-state index in [1.54, 1.807) is 37.5 Å². The zero-order valence-corrected chi connectivity index (χ0v) is 15.9. The summed E-state index contributed by atoms with van der Waals surface area (Å²) in [6, 6.07) is 10.7. The molecule has 0 saturated carbocycles. The number of fused-ring (bicyclic) bond motifs is 1.